The maximum Gasteiger partial charge on any atom is 0.264 e. The van der Waals surface area contributed by atoms with Crippen molar-refractivity contribution >= 4 is 33.9 Å². The second kappa shape index (κ2) is 8.42. The first kappa shape index (κ1) is 23.2. The van der Waals surface area contributed by atoms with Crippen molar-refractivity contribution in [3.05, 3.63) is 99.4 Å². The number of aromatic nitrogens is 4. The van der Waals surface area contributed by atoms with Gasteiger partial charge in [0.2, 0.25) is 0 Å². The Morgan fingerprint density at radius 1 is 1.08 bits per heavy atom. The highest BCUT2D eigenvalue weighted by Gasteiger charge is 2.36. The van der Waals surface area contributed by atoms with Gasteiger partial charge in [-0.15, -0.1) is 6.42 Å². The van der Waals surface area contributed by atoms with Crippen LogP contribution in [0.4, 0.5) is 5.69 Å². The number of nitrogens with zero attached hydrogens (tertiary/aromatic N) is 5. The summed E-state index contributed by atoms with van der Waals surface area (Å²) < 4.78 is 3.02. The fourth-order valence-electron chi connectivity index (χ4n) is 5.26. The Morgan fingerprint density at radius 3 is 2.58 bits per heavy atom. The molecule has 2 amide bonds. The fourth-order valence-corrected chi connectivity index (χ4v) is 5.26. The average Bonchev–Trinajstić information content (AvgIpc) is 3.39. The van der Waals surface area contributed by atoms with Gasteiger partial charge in [0.1, 0.15) is 5.56 Å². The van der Waals surface area contributed by atoms with Gasteiger partial charge in [-0.25, -0.2) is 9.50 Å². The Kier molecular flexibility index (Phi) is 5.14. The molecule has 0 fully saturated rings. The van der Waals surface area contributed by atoms with Crippen LogP contribution in [0.5, 0.6) is 0 Å². The van der Waals surface area contributed by atoms with E-state index in [1.165, 1.54) is 14.0 Å². The van der Waals surface area contributed by atoms with E-state index in [-0.39, 0.29) is 11.5 Å². The topological polar surface area (TPSA) is 102 Å². The zero-order valence-corrected chi connectivity index (χ0v) is 20.9. The van der Waals surface area contributed by atoms with Crippen molar-refractivity contribution in [1.82, 2.24) is 24.5 Å². The summed E-state index contributed by atoms with van der Waals surface area (Å²) in [7, 11) is 1.66. The molecular formula is C29H22N6O3. The number of hydrogen-bond donors (Lipinski definition) is 1. The van der Waals surface area contributed by atoms with Gasteiger partial charge >= 0.3 is 0 Å². The third kappa shape index (κ3) is 3.17. The summed E-state index contributed by atoms with van der Waals surface area (Å²) in [6.07, 6.45) is 9.08. The van der Waals surface area contributed by atoms with Gasteiger partial charge < -0.3 is 10.2 Å². The molecule has 1 atom stereocenters. The highest BCUT2D eigenvalue weighted by atomic mass is 16.2. The van der Waals surface area contributed by atoms with Gasteiger partial charge in [0.05, 0.1) is 34.1 Å². The van der Waals surface area contributed by atoms with Gasteiger partial charge in [-0.05, 0) is 44.2 Å². The van der Waals surface area contributed by atoms with Crippen molar-refractivity contribution in [3.63, 3.8) is 0 Å². The molecular weight excluding hydrogens is 480 g/mol. The van der Waals surface area contributed by atoms with Crippen molar-refractivity contribution in [2.24, 2.45) is 0 Å². The number of carbonyl (C=O) groups is 2. The van der Waals surface area contributed by atoms with Crippen molar-refractivity contribution in [1.29, 1.82) is 0 Å². The Balaban J connectivity index is 1.61. The summed E-state index contributed by atoms with van der Waals surface area (Å²) in [6.45, 7) is 3.48. The van der Waals surface area contributed by atoms with Crippen molar-refractivity contribution in [2.45, 2.75) is 19.9 Å². The number of anilines is 1. The Labute approximate surface area is 217 Å². The van der Waals surface area contributed by atoms with Crippen LogP contribution in [0.25, 0.3) is 22.1 Å². The van der Waals surface area contributed by atoms with E-state index in [1.807, 2.05) is 6.07 Å². The molecule has 5 aromatic rings. The molecule has 0 aliphatic carbocycles. The molecule has 186 valence electrons. The summed E-state index contributed by atoms with van der Waals surface area (Å²) in [5.74, 6) is 1.89. The number of fused-ring (bicyclic) bond motifs is 1. The average molecular weight is 503 g/mol. The molecule has 0 saturated carbocycles. The smallest absolute Gasteiger partial charge is 0.264 e. The number of aryl methyl sites for hydroxylation is 1. The minimum absolute atomic E-state index is 0.284. The molecule has 38 heavy (non-hydrogen) atoms. The maximum atomic E-state index is 14.1. The van der Waals surface area contributed by atoms with Crippen LogP contribution in [-0.2, 0) is 0 Å². The number of benzene rings is 2. The zero-order valence-electron chi connectivity index (χ0n) is 20.9. The van der Waals surface area contributed by atoms with Crippen LogP contribution in [0.2, 0.25) is 0 Å². The number of nitrogens with one attached hydrogen (secondary N) is 1. The molecule has 9 heteroatoms. The van der Waals surface area contributed by atoms with Crippen molar-refractivity contribution in [3.8, 4) is 18.0 Å². The largest absolute Gasteiger partial charge is 0.344 e. The molecule has 0 radical (unpaired) electrons. The van der Waals surface area contributed by atoms with Gasteiger partial charge in [0.15, 0.2) is 5.65 Å². The molecule has 1 aliphatic heterocycles. The van der Waals surface area contributed by atoms with Crippen LogP contribution < -0.4 is 15.8 Å². The molecule has 3 aromatic heterocycles. The number of hydrogen-bond acceptors (Lipinski definition) is 5. The third-order valence-electron chi connectivity index (χ3n) is 6.95. The number of pyridine rings is 1. The summed E-state index contributed by atoms with van der Waals surface area (Å²) in [4.78, 5) is 47.2. The highest BCUT2D eigenvalue weighted by Crippen LogP contribution is 2.40. The number of carbonyl (C=O) groups excluding carboxylic acids is 2. The lowest BCUT2D eigenvalue weighted by Crippen LogP contribution is -2.35. The number of rotatable bonds is 4. The van der Waals surface area contributed by atoms with E-state index in [0.717, 1.165) is 0 Å². The quantitative estimate of drug-likeness (QED) is 0.380. The summed E-state index contributed by atoms with van der Waals surface area (Å²) in [6, 6.07) is 13.4. The number of terminal acetylenes is 1. The van der Waals surface area contributed by atoms with Gasteiger partial charge in [0.25, 0.3) is 17.4 Å². The summed E-state index contributed by atoms with van der Waals surface area (Å²) in [5, 5.41) is 8.16. The SMILES string of the molecule is C#Cc1ccc2c3c(c([C@H](C)NC(=O)c4c(C)nn5cccnc45)n(-c4ccccc4)c(=O)c13)C(=O)N2C. The second-order valence-electron chi connectivity index (χ2n) is 9.17. The maximum absolute atomic E-state index is 14.1. The van der Waals surface area contributed by atoms with Gasteiger partial charge in [-0.2, -0.15) is 5.10 Å². The summed E-state index contributed by atoms with van der Waals surface area (Å²) in [5.41, 5.74) is 3.13. The lowest BCUT2D eigenvalue weighted by Gasteiger charge is -2.23. The molecule has 4 heterocycles. The zero-order chi connectivity index (χ0) is 26.7. The van der Waals surface area contributed by atoms with E-state index >= 15 is 0 Å². The molecule has 6 rings (SSSR count). The fraction of sp³-hybridized carbons (Fsp3) is 0.138. The Hall–Kier alpha value is -5.23. The number of para-hydroxylation sites is 1. The van der Waals surface area contributed by atoms with Crippen LogP contribution in [0.15, 0.2) is 65.7 Å². The predicted molar refractivity (Wildman–Crippen MR) is 144 cm³/mol. The van der Waals surface area contributed by atoms with E-state index in [9.17, 15) is 14.4 Å². The van der Waals surface area contributed by atoms with Gasteiger partial charge in [0, 0.05) is 36.1 Å². The molecule has 0 spiro atoms. The van der Waals surface area contributed by atoms with Crippen LogP contribution in [0, 0.1) is 19.3 Å². The molecule has 0 bridgehead atoms. The van der Waals surface area contributed by atoms with Gasteiger partial charge in [-0.1, -0.05) is 24.1 Å². The first-order valence-corrected chi connectivity index (χ1v) is 12.0. The standard InChI is InChI=1S/C29H22N6O3/c1-5-18-12-13-20-23-22(18)29(38)35(19-10-7-6-8-11-19)25(24(23)28(37)33(20)4)17(3)31-27(36)21-16(2)32-34-15-9-14-30-26(21)34/h1,6-15,17H,2-4H3,(H,31,36)/t17-/m0/s1. The first-order valence-electron chi connectivity index (χ1n) is 12.0. The minimum Gasteiger partial charge on any atom is -0.344 e. The monoisotopic (exact) mass is 502 g/mol. The normalized spacial score (nSPS) is 13.2. The van der Waals surface area contributed by atoms with E-state index in [4.69, 9.17) is 6.42 Å². The molecule has 1 N–H and O–H groups in total. The minimum atomic E-state index is -0.745. The van der Waals surface area contributed by atoms with E-state index in [2.05, 4.69) is 21.3 Å². The highest BCUT2D eigenvalue weighted by molar-refractivity contribution is 6.26. The van der Waals surface area contributed by atoms with E-state index < -0.39 is 11.9 Å². The molecule has 1 aliphatic rings. The van der Waals surface area contributed by atoms with Crippen LogP contribution in [0.1, 0.15) is 50.6 Å². The van der Waals surface area contributed by atoms with Gasteiger partial charge in [-0.3, -0.25) is 19.0 Å². The third-order valence-corrected chi connectivity index (χ3v) is 6.95. The molecule has 9 nitrogen and oxygen atoms in total. The van der Waals surface area contributed by atoms with Crippen LogP contribution in [-0.4, -0.2) is 38.0 Å². The van der Waals surface area contributed by atoms with E-state index in [0.29, 0.717) is 55.9 Å². The Morgan fingerprint density at radius 2 is 1.84 bits per heavy atom. The van der Waals surface area contributed by atoms with Crippen LogP contribution >= 0.6 is 0 Å². The second-order valence-corrected chi connectivity index (χ2v) is 9.17. The lowest BCUT2D eigenvalue weighted by molar-refractivity contribution is 0.0934. The lowest BCUT2D eigenvalue weighted by atomic mass is 9.97. The molecule has 2 aromatic carbocycles. The predicted octanol–water partition coefficient (Wildman–Crippen LogP) is 3.40. The molecule has 0 unspecified atom stereocenters. The van der Waals surface area contributed by atoms with Crippen molar-refractivity contribution in [2.75, 3.05) is 11.9 Å². The summed E-state index contributed by atoms with van der Waals surface area (Å²) >= 11 is 0. The van der Waals surface area contributed by atoms with Crippen LogP contribution in [0.3, 0.4) is 0 Å². The molecule has 0 saturated heterocycles. The first-order chi connectivity index (χ1) is 18.3. The van der Waals surface area contributed by atoms with E-state index in [1.54, 1.807) is 75.8 Å². The van der Waals surface area contributed by atoms with Crippen molar-refractivity contribution < 1.29 is 9.59 Å². The number of amides is 2. The Bertz CT molecular complexity index is 1910.